The molecule has 3 N–H and O–H groups in total. The smallest absolute Gasteiger partial charge is 0.197 e. The molecule has 0 aliphatic rings. The van der Waals surface area contributed by atoms with Crippen molar-refractivity contribution in [1.29, 1.82) is 0 Å². The van der Waals surface area contributed by atoms with Crippen LogP contribution in [0.4, 0.5) is 5.69 Å². The number of rotatable bonds is 2. The van der Waals surface area contributed by atoms with E-state index in [0.29, 0.717) is 22.5 Å². The van der Waals surface area contributed by atoms with Gasteiger partial charge in [-0.2, -0.15) is 0 Å². The molecule has 3 aromatic rings. The van der Waals surface area contributed by atoms with Crippen LogP contribution in [0.25, 0.3) is 11.0 Å². The lowest BCUT2D eigenvalue weighted by molar-refractivity contribution is 0.104. The second-order valence-corrected chi connectivity index (χ2v) is 5.54. The number of hydrogen-bond donors (Lipinski definition) is 2. The van der Waals surface area contributed by atoms with Crippen molar-refractivity contribution in [2.75, 3.05) is 5.73 Å². The van der Waals surface area contributed by atoms with Crippen molar-refractivity contribution in [3.8, 4) is 0 Å². The standard InChI is InChI=1S/C15H12BrN3O/c1-8-3-2-4-12(17)13(8)14(20)11-7-19-15-10(11)5-9(16)6-18-15/h2-7H,17H2,1H3,(H,18,19). The Kier molecular flexibility index (Phi) is 3.06. The van der Waals surface area contributed by atoms with E-state index in [1.165, 1.54) is 0 Å². The molecule has 3 rings (SSSR count). The van der Waals surface area contributed by atoms with Gasteiger partial charge in [-0.05, 0) is 40.5 Å². The summed E-state index contributed by atoms with van der Waals surface area (Å²) in [5.74, 6) is -0.0910. The Morgan fingerprint density at radius 2 is 2.20 bits per heavy atom. The Balaban J connectivity index is 2.21. The van der Waals surface area contributed by atoms with Gasteiger partial charge >= 0.3 is 0 Å². The molecule has 0 unspecified atom stereocenters. The summed E-state index contributed by atoms with van der Waals surface area (Å²) >= 11 is 3.37. The molecular weight excluding hydrogens is 318 g/mol. The molecule has 0 aliphatic heterocycles. The molecule has 0 aliphatic carbocycles. The molecule has 1 aromatic carbocycles. The number of halogens is 1. The lowest BCUT2D eigenvalue weighted by Gasteiger charge is -2.07. The number of nitrogens with one attached hydrogen (secondary N) is 1. The molecule has 2 aromatic heterocycles. The molecule has 5 heteroatoms. The molecule has 0 radical (unpaired) electrons. The normalized spacial score (nSPS) is 10.9. The van der Waals surface area contributed by atoms with Gasteiger partial charge < -0.3 is 10.7 Å². The highest BCUT2D eigenvalue weighted by Crippen LogP contribution is 2.26. The van der Waals surface area contributed by atoms with Crippen LogP contribution in [-0.2, 0) is 0 Å². The van der Waals surface area contributed by atoms with Crippen molar-refractivity contribution in [3.05, 3.63) is 57.8 Å². The minimum absolute atomic E-state index is 0.0910. The van der Waals surface area contributed by atoms with Crippen LogP contribution < -0.4 is 5.73 Å². The van der Waals surface area contributed by atoms with Crippen LogP contribution in [0.2, 0.25) is 0 Å². The highest BCUT2D eigenvalue weighted by molar-refractivity contribution is 9.10. The lowest BCUT2D eigenvalue weighted by Crippen LogP contribution is -2.07. The van der Waals surface area contributed by atoms with Crippen LogP contribution in [0.15, 0.2) is 41.1 Å². The Morgan fingerprint density at radius 1 is 1.40 bits per heavy atom. The topological polar surface area (TPSA) is 71.8 Å². The van der Waals surface area contributed by atoms with Crippen LogP contribution >= 0.6 is 15.9 Å². The van der Waals surface area contributed by atoms with E-state index in [0.717, 1.165) is 15.4 Å². The fraction of sp³-hybridized carbons (Fsp3) is 0.0667. The number of carbonyl (C=O) groups excluding carboxylic acids is 1. The summed E-state index contributed by atoms with van der Waals surface area (Å²) in [5.41, 5.74) is 9.12. The molecule has 2 heterocycles. The van der Waals surface area contributed by atoms with Gasteiger partial charge in [0.05, 0.1) is 0 Å². The molecule has 20 heavy (non-hydrogen) atoms. The van der Waals surface area contributed by atoms with E-state index in [-0.39, 0.29) is 5.78 Å². The van der Waals surface area contributed by atoms with Crippen LogP contribution in [0, 0.1) is 6.92 Å². The Labute approximate surface area is 124 Å². The van der Waals surface area contributed by atoms with Crippen LogP contribution in [0.1, 0.15) is 21.5 Å². The van der Waals surface area contributed by atoms with Gasteiger partial charge in [-0.25, -0.2) is 4.98 Å². The van der Waals surface area contributed by atoms with Crippen molar-refractivity contribution in [3.63, 3.8) is 0 Å². The maximum Gasteiger partial charge on any atom is 0.197 e. The fourth-order valence-electron chi connectivity index (χ4n) is 2.30. The van der Waals surface area contributed by atoms with Crippen LogP contribution in [0.3, 0.4) is 0 Å². The van der Waals surface area contributed by atoms with E-state index in [1.54, 1.807) is 18.5 Å². The zero-order valence-corrected chi connectivity index (χ0v) is 12.4. The summed E-state index contributed by atoms with van der Waals surface area (Å²) in [7, 11) is 0. The molecule has 0 atom stereocenters. The summed E-state index contributed by atoms with van der Waals surface area (Å²) in [5, 5.41) is 0.784. The third-order valence-electron chi connectivity index (χ3n) is 3.27. The van der Waals surface area contributed by atoms with Gasteiger partial charge in [0, 0.05) is 39.1 Å². The predicted octanol–water partition coefficient (Wildman–Crippen LogP) is 3.45. The molecular formula is C15H12BrN3O. The first-order valence-corrected chi connectivity index (χ1v) is 6.89. The third-order valence-corrected chi connectivity index (χ3v) is 3.71. The summed E-state index contributed by atoms with van der Waals surface area (Å²) in [4.78, 5) is 20.0. The number of aromatic nitrogens is 2. The minimum atomic E-state index is -0.0910. The number of ketones is 1. The third kappa shape index (κ3) is 2.00. The monoisotopic (exact) mass is 329 g/mol. The van der Waals surface area contributed by atoms with Crippen LogP contribution in [0.5, 0.6) is 0 Å². The van der Waals surface area contributed by atoms with Gasteiger partial charge in [-0.1, -0.05) is 12.1 Å². The first kappa shape index (κ1) is 12.9. The number of nitrogen functional groups attached to an aromatic ring is 1. The van der Waals surface area contributed by atoms with Crippen molar-refractivity contribution in [2.24, 2.45) is 0 Å². The number of hydrogen-bond acceptors (Lipinski definition) is 3. The fourth-order valence-corrected chi connectivity index (χ4v) is 2.63. The number of aryl methyl sites for hydroxylation is 1. The molecule has 0 amide bonds. The molecule has 0 spiro atoms. The number of anilines is 1. The highest BCUT2D eigenvalue weighted by atomic mass is 79.9. The zero-order valence-electron chi connectivity index (χ0n) is 10.8. The van der Waals surface area contributed by atoms with Gasteiger partial charge in [0.15, 0.2) is 5.78 Å². The van der Waals surface area contributed by atoms with Gasteiger partial charge in [-0.3, -0.25) is 4.79 Å². The van der Waals surface area contributed by atoms with E-state index in [1.807, 2.05) is 25.1 Å². The van der Waals surface area contributed by atoms with Gasteiger partial charge in [0.2, 0.25) is 0 Å². The average molecular weight is 330 g/mol. The molecule has 0 saturated heterocycles. The lowest BCUT2D eigenvalue weighted by atomic mass is 9.97. The van der Waals surface area contributed by atoms with E-state index < -0.39 is 0 Å². The van der Waals surface area contributed by atoms with E-state index in [4.69, 9.17) is 5.73 Å². The van der Waals surface area contributed by atoms with Gasteiger partial charge in [0.1, 0.15) is 5.65 Å². The Hall–Kier alpha value is -2.14. The Morgan fingerprint density at radius 3 is 2.95 bits per heavy atom. The van der Waals surface area contributed by atoms with E-state index in [2.05, 4.69) is 25.9 Å². The second kappa shape index (κ2) is 4.76. The van der Waals surface area contributed by atoms with Crippen molar-refractivity contribution in [1.82, 2.24) is 9.97 Å². The van der Waals surface area contributed by atoms with Crippen molar-refractivity contribution in [2.45, 2.75) is 6.92 Å². The number of nitrogens with two attached hydrogens (primary N) is 1. The second-order valence-electron chi connectivity index (χ2n) is 4.62. The largest absolute Gasteiger partial charge is 0.398 e. The molecule has 0 bridgehead atoms. The highest BCUT2D eigenvalue weighted by Gasteiger charge is 2.18. The van der Waals surface area contributed by atoms with Crippen molar-refractivity contribution >= 4 is 38.4 Å². The predicted molar refractivity (Wildman–Crippen MR) is 82.8 cm³/mol. The maximum absolute atomic E-state index is 12.7. The summed E-state index contributed by atoms with van der Waals surface area (Å²) in [6.45, 7) is 1.88. The summed E-state index contributed by atoms with van der Waals surface area (Å²) < 4.78 is 0.830. The minimum Gasteiger partial charge on any atom is -0.398 e. The summed E-state index contributed by atoms with van der Waals surface area (Å²) in [6.07, 6.45) is 3.37. The van der Waals surface area contributed by atoms with Crippen molar-refractivity contribution < 1.29 is 4.79 Å². The SMILES string of the molecule is Cc1cccc(N)c1C(=O)c1c[nH]c2ncc(Br)cc12. The maximum atomic E-state index is 12.7. The average Bonchev–Trinajstić information content (AvgIpc) is 2.81. The number of aromatic amines is 1. The number of nitrogens with zero attached hydrogens (tertiary/aromatic N) is 1. The molecule has 4 nitrogen and oxygen atoms in total. The van der Waals surface area contributed by atoms with Gasteiger partial charge in [0.25, 0.3) is 0 Å². The molecule has 100 valence electrons. The number of benzene rings is 1. The first-order valence-electron chi connectivity index (χ1n) is 6.10. The zero-order chi connectivity index (χ0) is 14.3. The van der Waals surface area contributed by atoms with E-state index in [9.17, 15) is 4.79 Å². The quantitative estimate of drug-likeness (QED) is 0.558. The van der Waals surface area contributed by atoms with E-state index >= 15 is 0 Å². The molecule has 0 fully saturated rings. The number of pyridine rings is 1. The van der Waals surface area contributed by atoms with Crippen LogP contribution in [-0.4, -0.2) is 15.8 Å². The molecule has 0 saturated carbocycles. The summed E-state index contributed by atoms with van der Waals surface area (Å²) in [6, 6.07) is 7.34. The number of fused-ring (bicyclic) bond motifs is 1. The van der Waals surface area contributed by atoms with Gasteiger partial charge in [-0.15, -0.1) is 0 Å². The number of H-pyrrole nitrogens is 1. The Bertz CT molecular complexity index is 803. The first-order chi connectivity index (χ1) is 9.58. The number of carbonyl (C=O) groups is 1.